The maximum atomic E-state index is 4.66. The highest BCUT2D eigenvalue weighted by Crippen LogP contribution is 2.40. The van der Waals surface area contributed by atoms with Crippen LogP contribution in [0.5, 0.6) is 0 Å². The molecule has 4 rings (SSSR count). The molecule has 0 bridgehead atoms. The van der Waals surface area contributed by atoms with Gasteiger partial charge in [-0.25, -0.2) is 0 Å². The molecule has 0 saturated heterocycles. The molecule has 24 heavy (non-hydrogen) atoms. The molecule has 1 aliphatic rings. The van der Waals surface area contributed by atoms with Crippen LogP contribution >= 0.6 is 0 Å². The Morgan fingerprint density at radius 2 is 1.12 bits per heavy atom. The summed E-state index contributed by atoms with van der Waals surface area (Å²) in [7, 11) is 0. The van der Waals surface area contributed by atoms with E-state index in [9.17, 15) is 0 Å². The Morgan fingerprint density at radius 1 is 0.625 bits per heavy atom. The van der Waals surface area contributed by atoms with Gasteiger partial charge in [-0.3, -0.25) is 0 Å². The summed E-state index contributed by atoms with van der Waals surface area (Å²) in [6.45, 7) is 0. The first-order chi connectivity index (χ1) is 11.9. The zero-order valence-electron chi connectivity index (χ0n) is 13.1. The van der Waals surface area contributed by atoms with Crippen LogP contribution in [0.4, 0.5) is 5.69 Å². The normalized spacial score (nSPS) is 15.1. The summed E-state index contributed by atoms with van der Waals surface area (Å²) in [6, 6.07) is 30.5. The van der Waals surface area contributed by atoms with Crippen molar-refractivity contribution in [2.24, 2.45) is 10.2 Å². The number of rotatable bonds is 4. The molecule has 0 amide bonds. The standard InChI is InChI=1S/C21H17N3/c1-4-10-17(11-5-1)21(18-12-6-2-7-13-18)16-20(23-24-21)22-19-14-8-3-9-15-19/h1-16,22H. The minimum atomic E-state index is -0.584. The van der Waals surface area contributed by atoms with Crippen LogP contribution < -0.4 is 5.32 Å². The molecule has 0 aliphatic carbocycles. The Labute approximate surface area is 141 Å². The number of hydrogen-bond donors (Lipinski definition) is 1. The lowest BCUT2D eigenvalue weighted by Crippen LogP contribution is -2.20. The smallest absolute Gasteiger partial charge is 0.154 e. The molecule has 3 nitrogen and oxygen atoms in total. The summed E-state index contributed by atoms with van der Waals surface area (Å²) in [5.74, 6) is 0.758. The van der Waals surface area contributed by atoms with Gasteiger partial charge in [0.25, 0.3) is 0 Å². The van der Waals surface area contributed by atoms with Gasteiger partial charge >= 0.3 is 0 Å². The van der Waals surface area contributed by atoms with Crippen molar-refractivity contribution >= 4 is 5.69 Å². The van der Waals surface area contributed by atoms with Gasteiger partial charge in [-0.15, -0.1) is 5.11 Å². The molecule has 3 aromatic carbocycles. The maximum Gasteiger partial charge on any atom is 0.154 e. The van der Waals surface area contributed by atoms with Crippen LogP contribution in [0.2, 0.25) is 0 Å². The van der Waals surface area contributed by atoms with Gasteiger partial charge in [0.05, 0.1) is 0 Å². The number of nitrogens with one attached hydrogen (secondary N) is 1. The van der Waals surface area contributed by atoms with Crippen molar-refractivity contribution in [1.29, 1.82) is 0 Å². The molecular weight excluding hydrogens is 294 g/mol. The molecule has 0 atom stereocenters. The molecule has 0 spiro atoms. The van der Waals surface area contributed by atoms with Gasteiger partial charge in [-0.05, 0) is 29.3 Å². The molecule has 0 aromatic heterocycles. The number of para-hydroxylation sites is 1. The van der Waals surface area contributed by atoms with Crippen LogP contribution in [0.1, 0.15) is 11.1 Å². The van der Waals surface area contributed by atoms with Crippen LogP contribution in [-0.4, -0.2) is 0 Å². The summed E-state index contributed by atoms with van der Waals surface area (Å²) in [4.78, 5) is 0. The fourth-order valence-electron chi connectivity index (χ4n) is 2.95. The fraction of sp³-hybridized carbons (Fsp3) is 0.0476. The molecule has 0 fully saturated rings. The third-order valence-electron chi connectivity index (χ3n) is 4.14. The van der Waals surface area contributed by atoms with Crippen LogP contribution in [0, 0.1) is 0 Å². The van der Waals surface area contributed by atoms with E-state index in [4.69, 9.17) is 0 Å². The van der Waals surface area contributed by atoms with Crippen LogP contribution in [0.15, 0.2) is 113 Å². The van der Waals surface area contributed by atoms with E-state index < -0.39 is 5.54 Å². The topological polar surface area (TPSA) is 36.8 Å². The highest BCUT2D eigenvalue weighted by atomic mass is 15.3. The zero-order valence-corrected chi connectivity index (χ0v) is 13.1. The number of benzene rings is 3. The second-order valence-electron chi connectivity index (χ2n) is 5.72. The van der Waals surface area contributed by atoms with Crippen LogP contribution in [0.25, 0.3) is 0 Å². The van der Waals surface area contributed by atoms with E-state index in [1.165, 1.54) is 0 Å². The zero-order chi connectivity index (χ0) is 16.2. The highest BCUT2D eigenvalue weighted by molar-refractivity contribution is 5.52. The van der Waals surface area contributed by atoms with Gasteiger partial charge in [0.15, 0.2) is 11.4 Å². The second-order valence-corrected chi connectivity index (χ2v) is 5.72. The van der Waals surface area contributed by atoms with E-state index in [1.54, 1.807) is 0 Å². The molecule has 1 N–H and O–H groups in total. The Balaban J connectivity index is 1.78. The van der Waals surface area contributed by atoms with E-state index in [1.807, 2.05) is 66.7 Å². The van der Waals surface area contributed by atoms with Gasteiger partial charge in [0, 0.05) is 5.69 Å². The summed E-state index contributed by atoms with van der Waals surface area (Å²) < 4.78 is 0. The van der Waals surface area contributed by atoms with Crippen molar-refractivity contribution in [3.05, 3.63) is 114 Å². The predicted molar refractivity (Wildman–Crippen MR) is 96.7 cm³/mol. The predicted octanol–water partition coefficient (Wildman–Crippen LogP) is 5.35. The lowest BCUT2D eigenvalue weighted by Gasteiger charge is -2.23. The van der Waals surface area contributed by atoms with Crippen molar-refractivity contribution in [3.8, 4) is 0 Å². The fourth-order valence-corrected chi connectivity index (χ4v) is 2.95. The van der Waals surface area contributed by atoms with Crippen molar-refractivity contribution < 1.29 is 0 Å². The maximum absolute atomic E-state index is 4.66. The molecule has 3 aromatic rings. The van der Waals surface area contributed by atoms with E-state index in [0.717, 1.165) is 22.6 Å². The number of azo groups is 1. The molecular formula is C21H17N3. The average Bonchev–Trinajstić information content (AvgIpc) is 3.09. The summed E-state index contributed by atoms with van der Waals surface area (Å²) >= 11 is 0. The molecule has 1 heterocycles. The van der Waals surface area contributed by atoms with E-state index in [2.05, 4.69) is 45.9 Å². The minimum Gasteiger partial charge on any atom is -0.339 e. The highest BCUT2D eigenvalue weighted by Gasteiger charge is 2.36. The number of hydrogen-bond acceptors (Lipinski definition) is 3. The molecule has 0 saturated carbocycles. The minimum absolute atomic E-state index is 0.584. The first-order valence-corrected chi connectivity index (χ1v) is 7.96. The third kappa shape index (κ3) is 2.61. The van der Waals surface area contributed by atoms with Gasteiger partial charge in [0.2, 0.25) is 0 Å². The molecule has 0 radical (unpaired) electrons. The Morgan fingerprint density at radius 3 is 1.67 bits per heavy atom. The first-order valence-electron chi connectivity index (χ1n) is 7.96. The largest absolute Gasteiger partial charge is 0.339 e. The van der Waals surface area contributed by atoms with Crippen molar-refractivity contribution in [3.63, 3.8) is 0 Å². The van der Waals surface area contributed by atoms with Gasteiger partial charge < -0.3 is 5.32 Å². The Bertz CT molecular complexity index is 829. The van der Waals surface area contributed by atoms with E-state index in [0.29, 0.717) is 0 Å². The number of anilines is 1. The molecule has 0 unspecified atom stereocenters. The van der Waals surface area contributed by atoms with Crippen LogP contribution in [0.3, 0.4) is 0 Å². The quantitative estimate of drug-likeness (QED) is 0.693. The summed E-state index contributed by atoms with van der Waals surface area (Å²) in [5.41, 5.74) is 2.62. The molecule has 3 heteroatoms. The monoisotopic (exact) mass is 311 g/mol. The third-order valence-corrected chi connectivity index (χ3v) is 4.14. The van der Waals surface area contributed by atoms with Gasteiger partial charge in [-0.1, -0.05) is 78.9 Å². The Kier molecular flexibility index (Phi) is 3.67. The van der Waals surface area contributed by atoms with Gasteiger partial charge in [-0.2, -0.15) is 5.11 Å². The lowest BCUT2D eigenvalue weighted by atomic mass is 9.84. The Hall–Kier alpha value is -3.20. The molecule has 116 valence electrons. The lowest BCUT2D eigenvalue weighted by molar-refractivity contribution is 0.670. The van der Waals surface area contributed by atoms with E-state index >= 15 is 0 Å². The number of nitrogens with zero attached hydrogens (tertiary/aromatic N) is 2. The molecule has 1 aliphatic heterocycles. The van der Waals surface area contributed by atoms with Crippen molar-refractivity contribution in [2.45, 2.75) is 5.54 Å². The van der Waals surface area contributed by atoms with Crippen molar-refractivity contribution in [1.82, 2.24) is 0 Å². The van der Waals surface area contributed by atoms with Crippen LogP contribution in [-0.2, 0) is 5.54 Å². The summed E-state index contributed by atoms with van der Waals surface area (Å²) in [5, 5.41) is 12.4. The summed E-state index contributed by atoms with van der Waals surface area (Å²) in [6.07, 6.45) is 2.09. The van der Waals surface area contributed by atoms with E-state index in [-0.39, 0.29) is 0 Å². The SMILES string of the molecule is C1=C(Nc2ccccc2)N=NC1(c1ccccc1)c1ccccc1. The average molecular weight is 311 g/mol. The second kappa shape index (κ2) is 6.13. The van der Waals surface area contributed by atoms with Gasteiger partial charge in [0.1, 0.15) is 0 Å². The van der Waals surface area contributed by atoms with Crippen molar-refractivity contribution in [2.75, 3.05) is 5.32 Å². The first kappa shape index (κ1) is 14.4.